The molecule has 140 valence electrons. The summed E-state index contributed by atoms with van der Waals surface area (Å²) < 4.78 is 35.0. The number of nitrogens with zero attached hydrogens (tertiary/aromatic N) is 2. The van der Waals surface area contributed by atoms with Gasteiger partial charge in [0.2, 0.25) is 0 Å². The summed E-state index contributed by atoms with van der Waals surface area (Å²) in [7, 11) is 0. The van der Waals surface area contributed by atoms with Crippen LogP contribution >= 0.6 is 0 Å². The zero-order chi connectivity index (χ0) is 19.2. The van der Waals surface area contributed by atoms with Crippen molar-refractivity contribution in [2.75, 3.05) is 19.7 Å². The summed E-state index contributed by atoms with van der Waals surface area (Å²) in [6.45, 7) is 3.47. The van der Waals surface area contributed by atoms with Crippen molar-refractivity contribution < 1.29 is 23.1 Å². The summed E-state index contributed by atoms with van der Waals surface area (Å²) >= 11 is 0. The number of halogens is 2. The van der Waals surface area contributed by atoms with Crippen molar-refractivity contribution in [3.63, 3.8) is 0 Å². The minimum Gasteiger partial charge on any atom is -0.396 e. The van der Waals surface area contributed by atoms with Crippen molar-refractivity contribution in [3.8, 4) is 0 Å². The molecule has 8 heteroatoms. The molecule has 1 atom stereocenters. The SMILES string of the molecule is CC1(C)CC2(C=C(N)C1=O)CN(C(=O)C(F)(F)c1ccccn1)CCO2. The molecule has 26 heavy (non-hydrogen) atoms. The first-order valence-electron chi connectivity index (χ1n) is 8.33. The molecule has 1 unspecified atom stereocenters. The molecule has 2 heterocycles. The van der Waals surface area contributed by atoms with Crippen molar-refractivity contribution in [3.05, 3.63) is 41.9 Å². The molecule has 1 spiro atoms. The molecule has 6 nitrogen and oxygen atoms in total. The summed E-state index contributed by atoms with van der Waals surface area (Å²) in [6.07, 6.45) is 2.94. The number of ether oxygens (including phenoxy) is 1. The molecule has 0 radical (unpaired) electrons. The van der Waals surface area contributed by atoms with Gasteiger partial charge in [0.05, 0.1) is 18.8 Å². The second kappa shape index (κ2) is 6.12. The number of ketones is 1. The molecule has 2 N–H and O–H groups in total. The lowest BCUT2D eigenvalue weighted by molar-refractivity contribution is -0.174. The van der Waals surface area contributed by atoms with Crippen LogP contribution in [0.15, 0.2) is 36.2 Å². The van der Waals surface area contributed by atoms with Gasteiger partial charge in [0.25, 0.3) is 5.91 Å². The largest absolute Gasteiger partial charge is 0.396 e. The van der Waals surface area contributed by atoms with Crippen LogP contribution in [0.5, 0.6) is 0 Å². The van der Waals surface area contributed by atoms with Gasteiger partial charge in [-0.25, -0.2) is 0 Å². The number of aromatic nitrogens is 1. The Morgan fingerprint density at radius 2 is 2.12 bits per heavy atom. The first-order valence-corrected chi connectivity index (χ1v) is 8.33. The molecule has 0 saturated carbocycles. The van der Waals surface area contributed by atoms with E-state index >= 15 is 0 Å². The van der Waals surface area contributed by atoms with E-state index in [1.165, 1.54) is 24.4 Å². The van der Waals surface area contributed by atoms with Crippen LogP contribution in [0, 0.1) is 5.41 Å². The van der Waals surface area contributed by atoms with Crippen LogP contribution < -0.4 is 5.73 Å². The topological polar surface area (TPSA) is 85.5 Å². The Morgan fingerprint density at radius 3 is 2.73 bits per heavy atom. The van der Waals surface area contributed by atoms with Crippen molar-refractivity contribution >= 4 is 11.7 Å². The van der Waals surface area contributed by atoms with E-state index < -0.39 is 28.5 Å². The number of carbonyl (C=O) groups excluding carboxylic acids is 2. The summed E-state index contributed by atoms with van der Waals surface area (Å²) in [6, 6.07) is 4.03. The fourth-order valence-electron chi connectivity index (χ4n) is 3.65. The summed E-state index contributed by atoms with van der Waals surface area (Å²) in [5.41, 5.74) is 3.42. The molecule has 1 aromatic rings. The van der Waals surface area contributed by atoms with Gasteiger partial charge in [0.1, 0.15) is 11.3 Å². The number of allylic oxidation sites excluding steroid dienone is 1. The fourth-order valence-corrected chi connectivity index (χ4v) is 3.65. The van der Waals surface area contributed by atoms with E-state index in [1.54, 1.807) is 13.8 Å². The predicted molar refractivity (Wildman–Crippen MR) is 89.1 cm³/mol. The molecule has 1 aliphatic carbocycles. The lowest BCUT2D eigenvalue weighted by Gasteiger charge is -2.47. The van der Waals surface area contributed by atoms with Crippen molar-refractivity contribution in [2.45, 2.75) is 31.8 Å². The van der Waals surface area contributed by atoms with E-state index in [0.29, 0.717) is 0 Å². The Balaban J connectivity index is 1.87. The Hall–Kier alpha value is -2.35. The second-order valence-electron chi connectivity index (χ2n) is 7.42. The van der Waals surface area contributed by atoms with E-state index in [0.717, 1.165) is 11.0 Å². The first-order chi connectivity index (χ1) is 12.1. The monoisotopic (exact) mass is 365 g/mol. The van der Waals surface area contributed by atoms with Gasteiger partial charge >= 0.3 is 5.92 Å². The smallest absolute Gasteiger partial charge is 0.366 e. The molecule has 0 aromatic carbocycles. The predicted octanol–water partition coefficient (Wildman–Crippen LogP) is 1.61. The van der Waals surface area contributed by atoms with Gasteiger partial charge in [-0.1, -0.05) is 19.9 Å². The zero-order valence-electron chi connectivity index (χ0n) is 14.7. The summed E-state index contributed by atoms with van der Waals surface area (Å²) in [5.74, 6) is -5.29. The zero-order valence-corrected chi connectivity index (χ0v) is 14.7. The normalized spacial score (nSPS) is 25.9. The van der Waals surface area contributed by atoms with Gasteiger partial charge in [-0.05, 0) is 24.6 Å². The Kier molecular flexibility index (Phi) is 4.34. The van der Waals surface area contributed by atoms with E-state index in [2.05, 4.69) is 4.98 Å². The number of rotatable bonds is 2. The minimum atomic E-state index is -3.74. The van der Waals surface area contributed by atoms with Gasteiger partial charge < -0.3 is 15.4 Å². The molecular weight excluding hydrogens is 344 g/mol. The van der Waals surface area contributed by atoms with Crippen LogP contribution in [-0.2, 0) is 20.2 Å². The fraction of sp³-hybridized carbons (Fsp3) is 0.500. The number of hydrogen-bond donors (Lipinski definition) is 1. The third-order valence-electron chi connectivity index (χ3n) is 4.79. The Bertz CT molecular complexity index is 764. The summed E-state index contributed by atoms with van der Waals surface area (Å²) in [5, 5.41) is 0. The van der Waals surface area contributed by atoms with Crippen LogP contribution in [0.4, 0.5) is 8.78 Å². The van der Waals surface area contributed by atoms with E-state index in [1.807, 2.05) is 0 Å². The number of carbonyl (C=O) groups is 2. The van der Waals surface area contributed by atoms with E-state index in [-0.39, 0.29) is 37.6 Å². The highest BCUT2D eigenvalue weighted by atomic mass is 19.3. The Labute approximate surface area is 150 Å². The van der Waals surface area contributed by atoms with Gasteiger partial charge in [-0.15, -0.1) is 0 Å². The van der Waals surface area contributed by atoms with Crippen molar-refractivity contribution in [1.82, 2.24) is 9.88 Å². The average Bonchev–Trinajstić information content (AvgIpc) is 2.59. The second-order valence-corrected chi connectivity index (χ2v) is 7.42. The maximum absolute atomic E-state index is 14.6. The number of alkyl halides is 2. The van der Waals surface area contributed by atoms with Crippen LogP contribution in [-0.4, -0.2) is 46.9 Å². The number of amides is 1. The lowest BCUT2D eigenvalue weighted by Crippen LogP contribution is -2.59. The lowest BCUT2D eigenvalue weighted by atomic mass is 9.71. The number of morpholine rings is 1. The number of hydrogen-bond acceptors (Lipinski definition) is 5. The molecule has 1 aromatic heterocycles. The van der Waals surface area contributed by atoms with E-state index in [4.69, 9.17) is 10.5 Å². The van der Waals surface area contributed by atoms with Crippen molar-refractivity contribution in [2.24, 2.45) is 11.1 Å². The molecular formula is C18H21F2N3O3. The molecule has 1 aliphatic heterocycles. The Morgan fingerprint density at radius 1 is 1.38 bits per heavy atom. The summed E-state index contributed by atoms with van der Waals surface area (Å²) in [4.78, 5) is 29.4. The number of pyridine rings is 1. The highest BCUT2D eigenvalue weighted by Gasteiger charge is 2.52. The molecule has 1 amide bonds. The van der Waals surface area contributed by atoms with Crippen LogP contribution in [0.2, 0.25) is 0 Å². The number of Topliss-reactive ketones (excluding diaryl/α,β-unsaturated/α-hetero) is 1. The van der Waals surface area contributed by atoms with Gasteiger partial charge in [-0.3, -0.25) is 14.6 Å². The maximum Gasteiger partial charge on any atom is 0.366 e. The molecule has 0 bridgehead atoms. The van der Waals surface area contributed by atoms with Crippen LogP contribution in [0.3, 0.4) is 0 Å². The highest BCUT2D eigenvalue weighted by molar-refractivity contribution is 6.00. The molecule has 1 fully saturated rings. The van der Waals surface area contributed by atoms with Gasteiger partial charge in [-0.2, -0.15) is 8.78 Å². The first kappa shape index (κ1) is 18.4. The number of nitrogens with two attached hydrogens (primary N) is 1. The standard InChI is InChI=1S/C18H21F2N3O3/c1-16(2)10-17(9-12(21)14(16)24)11-23(7-8-26-17)15(25)18(19,20)13-5-3-4-6-22-13/h3-6,9H,7-8,10-11,21H2,1-2H3. The van der Waals surface area contributed by atoms with Crippen LogP contribution in [0.25, 0.3) is 0 Å². The highest BCUT2D eigenvalue weighted by Crippen LogP contribution is 2.41. The van der Waals surface area contributed by atoms with Crippen LogP contribution in [0.1, 0.15) is 26.0 Å². The van der Waals surface area contributed by atoms with E-state index in [9.17, 15) is 18.4 Å². The maximum atomic E-state index is 14.6. The molecule has 2 aliphatic rings. The van der Waals surface area contributed by atoms with Crippen molar-refractivity contribution in [1.29, 1.82) is 0 Å². The third-order valence-corrected chi connectivity index (χ3v) is 4.79. The van der Waals surface area contributed by atoms with Gasteiger partial charge in [0, 0.05) is 18.2 Å². The average molecular weight is 365 g/mol. The minimum absolute atomic E-state index is 0.0329. The third kappa shape index (κ3) is 3.09. The van der Waals surface area contributed by atoms with Gasteiger partial charge in [0.15, 0.2) is 5.78 Å². The quantitative estimate of drug-likeness (QED) is 0.861. The molecule has 3 rings (SSSR count). The molecule has 1 saturated heterocycles.